The molecule has 132 valence electrons. The lowest BCUT2D eigenvalue weighted by molar-refractivity contribution is -0.393. The lowest BCUT2D eigenvalue weighted by atomic mass is 10.2. The lowest BCUT2D eigenvalue weighted by Crippen LogP contribution is -2.05. The highest BCUT2D eigenvalue weighted by molar-refractivity contribution is 5.82. The zero-order valence-corrected chi connectivity index (χ0v) is 14.4. The fourth-order valence-corrected chi connectivity index (χ4v) is 2.78. The van der Waals surface area contributed by atoms with Crippen molar-refractivity contribution in [1.29, 1.82) is 0 Å². The maximum absolute atomic E-state index is 11.1. The fraction of sp³-hybridized carbons (Fsp3) is 0.312. The van der Waals surface area contributed by atoms with E-state index >= 15 is 0 Å². The summed E-state index contributed by atoms with van der Waals surface area (Å²) in [5, 5.41) is 25.9. The van der Waals surface area contributed by atoms with E-state index in [1.807, 2.05) is 19.9 Å². The van der Waals surface area contributed by atoms with E-state index in [4.69, 9.17) is 0 Å². The van der Waals surface area contributed by atoms with Crippen LogP contribution in [-0.4, -0.2) is 20.6 Å². The molecule has 2 rings (SSSR count). The number of rotatable bonds is 6. The van der Waals surface area contributed by atoms with E-state index in [1.54, 1.807) is 6.21 Å². The van der Waals surface area contributed by atoms with E-state index in [9.17, 15) is 20.2 Å². The molecular weight excluding hydrogens is 326 g/mol. The highest BCUT2D eigenvalue weighted by Gasteiger charge is 2.19. The number of nitrogens with zero attached hydrogens (tertiary/aromatic N) is 4. The van der Waals surface area contributed by atoms with Crippen LogP contribution in [0.4, 0.5) is 17.1 Å². The summed E-state index contributed by atoms with van der Waals surface area (Å²) < 4.78 is 2.16. The molecule has 0 aliphatic rings. The molecule has 0 saturated carbocycles. The number of anilines is 1. The molecule has 0 saturated heterocycles. The van der Waals surface area contributed by atoms with Crippen molar-refractivity contribution in [3.63, 3.8) is 0 Å². The standard InChI is InChI=1S/C16H19N5O4/c1-10(2)19-11(3)7-13(12(19)4)9-17-18-15-6-5-14(20(22)23)8-16(15)21(24)25/h5-10,18H,1-4H3/b17-9-. The molecule has 9 heteroatoms. The summed E-state index contributed by atoms with van der Waals surface area (Å²) in [7, 11) is 0. The zero-order chi connectivity index (χ0) is 18.7. The average molecular weight is 345 g/mol. The van der Waals surface area contributed by atoms with E-state index in [1.165, 1.54) is 12.1 Å². The summed E-state index contributed by atoms with van der Waals surface area (Å²) in [6, 6.07) is 5.65. The van der Waals surface area contributed by atoms with Crippen molar-refractivity contribution in [1.82, 2.24) is 4.57 Å². The van der Waals surface area contributed by atoms with Gasteiger partial charge in [0.05, 0.1) is 22.1 Å². The molecule has 1 heterocycles. The second-order valence-corrected chi connectivity index (χ2v) is 5.88. The van der Waals surface area contributed by atoms with E-state index in [2.05, 4.69) is 28.9 Å². The molecule has 25 heavy (non-hydrogen) atoms. The lowest BCUT2D eigenvalue weighted by Gasteiger charge is -2.13. The Kier molecular flexibility index (Phi) is 5.16. The molecule has 0 atom stereocenters. The van der Waals surface area contributed by atoms with Crippen LogP contribution in [0.2, 0.25) is 0 Å². The highest BCUT2D eigenvalue weighted by Crippen LogP contribution is 2.29. The largest absolute Gasteiger partial charge is 0.346 e. The van der Waals surface area contributed by atoms with Crippen LogP contribution >= 0.6 is 0 Å². The molecule has 0 radical (unpaired) electrons. The van der Waals surface area contributed by atoms with Crippen LogP contribution in [0.15, 0.2) is 29.4 Å². The van der Waals surface area contributed by atoms with Crippen molar-refractivity contribution < 1.29 is 9.85 Å². The minimum atomic E-state index is -0.685. The molecule has 1 aromatic carbocycles. The summed E-state index contributed by atoms with van der Waals surface area (Å²) in [5.74, 6) is 0. The Bertz CT molecular complexity index is 854. The van der Waals surface area contributed by atoms with Crippen molar-refractivity contribution in [2.75, 3.05) is 5.43 Å². The molecule has 2 aromatic rings. The van der Waals surface area contributed by atoms with Gasteiger partial charge in [0.2, 0.25) is 0 Å². The van der Waals surface area contributed by atoms with Crippen LogP contribution in [0.25, 0.3) is 0 Å². The molecule has 0 bridgehead atoms. The van der Waals surface area contributed by atoms with Crippen molar-refractivity contribution in [2.45, 2.75) is 33.7 Å². The van der Waals surface area contributed by atoms with Gasteiger partial charge in [-0.15, -0.1) is 0 Å². The number of hydrogen-bond donors (Lipinski definition) is 1. The number of hydrazone groups is 1. The molecule has 9 nitrogen and oxygen atoms in total. The second kappa shape index (κ2) is 7.12. The van der Waals surface area contributed by atoms with Crippen LogP contribution in [0.5, 0.6) is 0 Å². The third-order valence-corrected chi connectivity index (χ3v) is 3.82. The number of nitro benzene ring substituents is 2. The second-order valence-electron chi connectivity index (χ2n) is 5.88. The number of nitro groups is 2. The quantitative estimate of drug-likeness (QED) is 0.483. The van der Waals surface area contributed by atoms with Crippen molar-refractivity contribution in [3.8, 4) is 0 Å². The third-order valence-electron chi connectivity index (χ3n) is 3.82. The number of nitrogens with one attached hydrogen (secondary N) is 1. The molecule has 0 unspecified atom stereocenters. The molecule has 0 amide bonds. The number of aromatic nitrogens is 1. The van der Waals surface area contributed by atoms with E-state index in [0.29, 0.717) is 6.04 Å². The van der Waals surface area contributed by atoms with E-state index < -0.39 is 15.5 Å². The first-order chi connectivity index (χ1) is 11.7. The normalized spacial score (nSPS) is 11.2. The fourth-order valence-electron chi connectivity index (χ4n) is 2.78. The number of hydrogen-bond acceptors (Lipinski definition) is 6. The smallest absolute Gasteiger partial charge is 0.301 e. The SMILES string of the molecule is Cc1cc(/C=N\Nc2ccc([N+](=O)[O-])cc2[N+](=O)[O-])c(C)n1C(C)C. The minimum Gasteiger partial charge on any atom is -0.346 e. The van der Waals surface area contributed by atoms with Gasteiger partial charge in [0, 0.05) is 29.1 Å². The molecule has 0 aliphatic carbocycles. The Labute approximate surface area is 144 Å². The van der Waals surface area contributed by atoms with Crippen LogP contribution in [0.1, 0.15) is 36.8 Å². The van der Waals surface area contributed by atoms with Gasteiger partial charge in [-0.1, -0.05) is 0 Å². The number of non-ortho nitro benzene ring substituents is 1. The maximum Gasteiger partial charge on any atom is 0.301 e. The minimum absolute atomic E-state index is 0.0875. The summed E-state index contributed by atoms with van der Waals surface area (Å²) in [5.41, 5.74) is 4.95. The number of benzene rings is 1. The number of aryl methyl sites for hydroxylation is 1. The predicted molar refractivity (Wildman–Crippen MR) is 95.3 cm³/mol. The van der Waals surface area contributed by atoms with Crippen molar-refractivity contribution in [3.05, 3.63) is 61.4 Å². The maximum atomic E-state index is 11.1. The summed E-state index contributed by atoms with van der Waals surface area (Å²) in [4.78, 5) is 20.5. The average Bonchev–Trinajstić information content (AvgIpc) is 2.81. The monoisotopic (exact) mass is 345 g/mol. The Morgan fingerprint density at radius 2 is 1.84 bits per heavy atom. The van der Waals surface area contributed by atoms with Gasteiger partial charge in [-0.05, 0) is 39.8 Å². The summed E-state index contributed by atoms with van der Waals surface area (Å²) >= 11 is 0. The molecule has 0 fully saturated rings. The molecule has 1 aromatic heterocycles. The van der Waals surface area contributed by atoms with Crippen LogP contribution in [-0.2, 0) is 0 Å². The van der Waals surface area contributed by atoms with Gasteiger partial charge >= 0.3 is 5.69 Å². The molecule has 1 N–H and O–H groups in total. The van der Waals surface area contributed by atoms with Crippen LogP contribution < -0.4 is 5.43 Å². The summed E-state index contributed by atoms with van der Waals surface area (Å²) in [6.07, 6.45) is 1.58. The van der Waals surface area contributed by atoms with Crippen molar-refractivity contribution in [2.24, 2.45) is 5.10 Å². The van der Waals surface area contributed by atoms with Gasteiger partial charge in [-0.3, -0.25) is 25.7 Å². The highest BCUT2D eigenvalue weighted by atomic mass is 16.6. The Hall–Kier alpha value is -3.23. The van der Waals surface area contributed by atoms with Gasteiger partial charge < -0.3 is 4.57 Å². The molecular formula is C16H19N5O4. The van der Waals surface area contributed by atoms with Gasteiger partial charge in [0.1, 0.15) is 5.69 Å². The van der Waals surface area contributed by atoms with Gasteiger partial charge in [-0.2, -0.15) is 5.10 Å². The first-order valence-corrected chi connectivity index (χ1v) is 7.62. The van der Waals surface area contributed by atoms with Crippen molar-refractivity contribution >= 4 is 23.3 Å². The third kappa shape index (κ3) is 3.82. The zero-order valence-electron chi connectivity index (χ0n) is 14.4. The van der Waals surface area contributed by atoms with Gasteiger partial charge in [0.25, 0.3) is 5.69 Å². The van der Waals surface area contributed by atoms with Crippen LogP contribution in [0.3, 0.4) is 0 Å². The Balaban J connectivity index is 2.27. The van der Waals surface area contributed by atoms with E-state index in [-0.39, 0.29) is 11.4 Å². The topological polar surface area (TPSA) is 116 Å². The molecule has 0 spiro atoms. The Morgan fingerprint density at radius 1 is 1.16 bits per heavy atom. The Morgan fingerprint density at radius 3 is 2.36 bits per heavy atom. The first-order valence-electron chi connectivity index (χ1n) is 7.62. The predicted octanol–water partition coefficient (Wildman–Crippen LogP) is 3.95. The summed E-state index contributed by atoms with van der Waals surface area (Å²) in [6.45, 7) is 8.14. The molecule has 0 aliphatic heterocycles. The van der Waals surface area contributed by atoms with Crippen LogP contribution in [0, 0.1) is 34.1 Å². The van der Waals surface area contributed by atoms with E-state index in [0.717, 1.165) is 23.0 Å². The first kappa shape index (κ1) is 18.1. The van der Waals surface area contributed by atoms with Gasteiger partial charge in [-0.25, -0.2) is 0 Å². The van der Waals surface area contributed by atoms with Gasteiger partial charge in [0.15, 0.2) is 0 Å².